The first kappa shape index (κ1) is 29.4. The van der Waals surface area contributed by atoms with Gasteiger partial charge >= 0.3 is 0 Å². The van der Waals surface area contributed by atoms with Crippen LogP contribution in [-0.4, -0.2) is 22.5 Å². The van der Waals surface area contributed by atoms with Gasteiger partial charge in [0.05, 0.1) is 23.7 Å². The molecule has 214 valence electrons. The smallest absolute Gasteiger partial charge is 0.282 e. The number of hydrogen-bond donors (Lipinski definition) is 0. The Labute approximate surface area is 255 Å². The van der Waals surface area contributed by atoms with Crippen LogP contribution >= 0.6 is 23.2 Å². The third kappa shape index (κ3) is 6.35. The molecule has 1 aromatic heterocycles. The molecule has 4 aromatic carbocycles. The van der Waals surface area contributed by atoms with E-state index in [4.69, 9.17) is 37.7 Å². The topological polar surface area (TPSA) is 65.7 Å². The number of fused-ring (bicyclic) bond motifs is 1. The number of rotatable bonds is 9. The van der Waals surface area contributed by atoms with Crippen LogP contribution in [-0.2, 0) is 6.61 Å². The molecule has 0 saturated carbocycles. The van der Waals surface area contributed by atoms with E-state index in [2.05, 4.69) is 25.0 Å². The lowest BCUT2D eigenvalue weighted by molar-refractivity contribution is 0.306. The fraction of sp³-hybridized carbons (Fsp3) is 0.206. The van der Waals surface area contributed by atoms with Gasteiger partial charge in [0.1, 0.15) is 18.1 Å². The fourth-order valence-corrected chi connectivity index (χ4v) is 5.15. The second-order valence-electron chi connectivity index (χ2n) is 10.2. The highest BCUT2D eigenvalue weighted by Gasteiger charge is 2.18. The molecule has 5 aromatic rings. The first-order chi connectivity index (χ1) is 20.2. The lowest BCUT2D eigenvalue weighted by atomic mass is 9.96. The maximum atomic E-state index is 13.8. The lowest BCUT2D eigenvalue weighted by Crippen LogP contribution is -2.20. The van der Waals surface area contributed by atoms with Crippen molar-refractivity contribution in [1.82, 2.24) is 9.66 Å². The summed E-state index contributed by atoms with van der Waals surface area (Å²) in [7, 11) is 0. The van der Waals surface area contributed by atoms with Gasteiger partial charge in [0.15, 0.2) is 5.82 Å². The molecule has 0 bridgehead atoms. The molecule has 0 amide bonds. The summed E-state index contributed by atoms with van der Waals surface area (Å²) < 4.78 is 13.3. The zero-order valence-electron chi connectivity index (χ0n) is 23.9. The summed E-state index contributed by atoms with van der Waals surface area (Å²) in [5.41, 5.74) is 4.73. The molecule has 0 atom stereocenters. The number of para-hydroxylation sites is 1. The molecule has 0 aliphatic rings. The maximum absolute atomic E-state index is 13.8. The van der Waals surface area contributed by atoms with Crippen molar-refractivity contribution in [1.29, 1.82) is 0 Å². The fourth-order valence-electron chi connectivity index (χ4n) is 4.68. The van der Waals surface area contributed by atoms with E-state index in [1.165, 1.54) is 4.68 Å². The average Bonchev–Trinajstić information content (AvgIpc) is 2.96. The van der Waals surface area contributed by atoms with Crippen LogP contribution in [0.3, 0.4) is 0 Å². The molecular weight excluding hydrogens is 569 g/mol. The van der Waals surface area contributed by atoms with Gasteiger partial charge in [-0.25, -0.2) is 4.98 Å². The summed E-state index contributed by atoms with van der Waals surface area (Å²) in [4.78, 5) is 18.7. The predicted octanol–water partition coefficient (Wildman–Crippen LogP) is 8.66. The second-order valence-corrected chi connectivity index (χ2v) is 11.0. The Hall–Kier alpha value is -4.13. The minimum atomic E-state index is -0.254. The Morgan fingerprint density at radius 1 is 0.976 bits per heavy atom. The number of halogens is 2. The van der Waals surface area contributed by atoms with E-state index in [1.807, 2.05) is 68.4 Å². The monoisotopic (exact) mass is 599 g/mol. The van der Waals surface area contributed by atoms with Gasteiger partial charge in [0.25, 0.3) is 5.56 Å². The minimum Gasteiger partial charge on any atom is -0.494 e. The van der Waals surface area contributed by atoms with Crippen LogP contribution in [0.4, 0.5) is 0 Å². The third-order valence-electron chi connectivity index (χ3n) is 6.86. The van der Waals surface area contributed by atoms with Crippen molar-refractivity contribution < 1.29 is 9.47 Å². The van der Waals surface area contributed by atoms with Crippen molar-refractivity contribution in [2.75, 3.05) is 6.61 Å². The SMILES string of the molecule is CCOc1cc(C)c(-c2nc3ccccc3c(=O)n2N=Cc2cccc(OCc3ccc(Cl)cc3Cl)c2)cc1C(C)C. The molecule has 8 heteroatoms. The van der Waals surface area contributed by atoms with Gasteiger partial charge in [0, 0.05) is 21.2 Å². The zero-order chi connectivity index (χ0) is 29.8. The molecule has 1 heterocycles. The van der Waals surface area contributed by atoms with Gasteiger partial charge in [-0.15, -0.1) is 0 Å². The van der Waals surface area contributed by atoms with Crippen LogP contribution in [0.5, 0.6) is 11.5 Å². The zero-order valence-corrected chi connectivity index (χ0v) is 25.4. The second kappa shape index (κ2) is 12.8. The van der Waals surface area contributed by atoms with Crippen LogP contribution in [0.25, 0.3) is 22.3 Å². The van der Waals surface area contributed by atoms with Crippen molar-refractivity contribution in [3.63, 3.8) is 0 Å². The van der Waals surface area contributed by atoms with E-state index in [-0.39, 0.29) is 18.1 Å². The number of ether oxygens (including phenoxy) is 2. The number of aromatic nitrogens is 2. The predicted molar refractivity (Wildman–Crippen MR) is 172 cm³/mol. The minimum absolute atomic E-state index is 0.209. The highest BCUT2D eigenvalue weighted by molar-refractivity contribution is 6.35. The summed E-state index contributed by atoms with van der Waals surface area (Å²) in [5.74, 6) is 2.14. The molecular formula is C34H31Cl2N3O3. The van der Waals surface area contributed by atoms with Crippen molar-refractivity contribution in [3.05, 3.63) is 122 Å². The first-order valence-electron chi connectivity index (χ1n) is 13.8. The van der Waals surface area contributed by atoms with Crippen LogP contribution < -0.4 is 15.0 Å². The van der Waals surface area contributed by atoms with Crippen LogP contribution in [0.15, 0.2) is 88.8 Å². The van der Waals surface area contributed by atoms with Crippen LogP contribution in [0, 0.1) is 6.92 Å². The van der Waals surface area contributed by atoms with Crippen molar-refractivity contribution in [2.24, 2.45) is 5.10 Å². The number of benzene rings is 4. The van der Waals surface area contributed by atoms with E-state index in [1.54, 1.807) is 24.4 Å². The van der Waals surface area contributed by atoms with E-state index >= 15 is 0 Å². The molecule has 0 aliphatic carbocycles. The van der Waals surface area contributed by atoms with Gasteiger partial charge in [-0.2, -0.15) is 9.78 Å². The van der Waals surface area contributed by atoms with Gasteiger partial charge in [0.2, 0.25) is 0 Å². The molecule has 5 rings (SSSR count). The van der Waals surface area contributed by atoms with E-state index < -0.39 is 0 Å². The highest BCUT2D eigenvalue weighted by atomic mass is 35.5. The summed E-state index contributed by atoms with van der Waals surface area (Å²) in [6, 6.07) is 24.1. The average molecular weight is 601 g/mol. The van der Waals surface area contributed by atoms with Crippen molar-refractivity contribution in [3.8, 4) is 22.9 Å². The largest absolute Gasteiger partial charge is 0.494 e. The molecule has 0 aliphatic heterocycles. The van der Waals surface area contributed by atoms with E-state index in [0.29, 0.717) is 39.1 Å². The molecule has 6 nitrogen and oxygen atoms in total. The standard InChI is InChI=1S/C34H31Cl2N3O3/c1-5-41-32-15-22(4)29(18-28(32)21(2)3)33-38-31-12-7-6-11-27(31)34(40)39(33)37-19-23-9-8-10-26(16-23)42-20-24-13-14-25(35)17-30(24)36/h6-19,21H,5,20H2,1-4H3. The molecule has 0 unspecified atom stereocenters. The molecule has 0 N–H and O–H groups in total. The molecule has 0 saturated heterocycles. The van der Waals surface area contributed by atoms with E-state index in [0.717, 1.165) is 33.6 Å². The Morgan fingerprint density at radius 3 is 2.55 bits per heavy atom. The summed E-state index contributed by atoms with van der Waals surface area (Å²) in [6.45, 7) is 9.04. The molecule has 0 fully saturated rings. The van der Waals surface area contributed by atoms with Crippen molar-refractivity contribution in [2.45, 2.75) is 40.2 Å². The van der Waals surface area contributed by atoms with Crippen LogP contribution in [0.2, 0.25) is 10.0 Å². The lowest BCUT2D eigenvalue weighted by Gasteiger charge is -2.18. The maximum Gasteiger partial charge on any atom is 0.282 e. The normalized spacial score (nSPS) is 11.5. The van der Waals surface area contributed by atoms with Gasteiger partial charge in [-0.3, -0.25) is 4.79 Å². The van der Waals surface area contributed by atoms with Gasteiger partial charge in [-0.05, 0) is 85.0 Å². The summed E-state index contributed by atoms with van der Waals surface area (Å²) in [5, 5.41) is 6.26. The van der Waals surface area contributed by atoms with Crippen molar-refractivity contribution >= 4 is 40.3 Å². The molecule has 0 spiro atoms. The number of hydrogen-bond acceptors (Lipinski definition) is 5. The summed E-state index contributed by atoms with van der Waals surface area (Å²) in [6.07, 6.45) is 1.64. The molecule has 42 heavy (non-hydrogen) atoms. The van der Waals surface area contributed by atoms with Crippen LogP contribution in [0.1, 0.15) is 48.9 Å². The van der Waals surface area contributed by atoms with Gasteiger partial charge < -0.3 is 9.47 Å². The summed E-state index contributed by atoms with van der Waals surface area (Å²) >= 11 is 12.3. The Bertz CT molecular complexity index is 1850. The number of aryl methyl sites for hydroxylation is 1. The molecule has 0 radical (unpaired) electrons. The number of nitrogens with zero attached hydrogens (tertiary/aromatic N) is 3. The van der Waals surface area contributed by atoms with Gasteiger partial charge in [-0.1, -0.05) is 67.4 Å². The quantitative estimate of drug-likeness (QED) is 0.159. The Kier molecular flexibility index (Phi) is 8.95. The Balaban J connectivity index is 1.55. The van der Waals surface area contributed by atoms with E-state index in [9.17, 15) is 4.79 Å². The Morgan fingerprint density at radius 2 is 1.79 bits per heavy atom. The highest BCUT2D eigenvalue weighted by Crippen LogP contribution is 2.34. The third-order valence-corrected chi connectivity index (χ3v) is 7.45. The first-order valence-corrected chi connectivity index (χ1v) is 14.5.